The van der Waals surface area contributed by atoms with Gasteiger partial charge in [0.1, 0.15) is 0 Å². The number of rotatable bonds is 4. The summed E-state index contributed by atoms with van der Waals surface area (Å²) in [6.07, 6.45) is 3.15. The average Bonchev–Trinajstić information content (AvgIpc) is 2.77. The highest BCUT2D eigenvalue weighted by atomic mass is 16.3. The normalized spacial score (nSPS) is 22.1. The minimum Gasteiger partial charge on any atom is -0.393 e. The van der Waals surface area contributed by atoms with Crippen molar-refractivity contribution in [2.24, 2.45) is 15.5 Å². The largest absolute Gasteiger partial charge is 0.393 e. The first-order valence-electron chi connectivity index (χ1n) is 7.41. The van der Waals surface area contributed by atoms with E-state index in [9.17, 15) is 0 Å². The van der Waals surface area contributed by atoms with Crippen molar-refractivity contribution < 1.29 is 10.2 Å². The molecule has 0 saturated heterocycles. The maximum absolute atomic E-state index is 9.07. The van der Waals surface area contributed by atoms with Crippen molar-refractivity contribution in [2.45, 2.75) is 65.8 Å². The van der Waals surface area contributed by atoms with Crippen LogP contribution in [0.2, 0.25) is 0 Å². The Morgan fingerprint density at radius 1 is 1.23 bits per heavy atom. The molecule has 0 aromatic carbocycles. The zero-order valence-corrected chi connectivity index (χ0v) is 14.5. The van der Waals surface area contributed by atoms with Crippen LogP contribution in [0.25, 0.3) is 10.4 Å². The molecule has 22 heavy (non-hydrogen) atoms. The highest BCUT2D eigenvalue weighted by Gasteiger charge is 2.25. The summed E-state index contributed by atoms with van der Waals surface area (Å²) in [5, 5.41) is 30.4. The number of nitrogens with zero attached hydrogens (tertiary/aromatic N) is 6. The van der Waals surface area contributed by atoms with E-state index < -0.39 is 6.10 Å². The number of hydrogen-bond donors (Lipinski definition) is 2. The molecular weight excluding hydrogens is 284 g/mol. The van der Waals surface area contributed by atoms with E-state index in [1.165, 1.54) is 0 Å². The number of hydrogen-bond acceptors (Lipinski definition) is 6. The quantitative estimate of drug-likeness (QED) is 0.359. The first-order valence-corrected chi connectivity index (χ1v) is 7.41. The molecule has 4 unspecified atom stereocenters. The molecule has 8 heteroatoms. The van der Waals surface area contributed by atoms with Crippen LogP contribution in [0.3, 0.4) is 0 Å². The number of allylic oxidation sites excluding steroid dienone is 2. The van der Waals surface area contributed by atoms with Crippen molar-refractivity contribution in [3.63, 3.8) is 0 Å². The molecule has 0 aromatic rings. The van der Waals surface area contributed by atoms with Crippen molar-refractivity contribution in [2.75, 3.05) is 13.1 Å². The topological polar surface area (TPSA) is 117 Å². The maximum Gasteiger partial charge on any atom is 0.0918 e. The van der Waals surface area contributed by atoms with Crippen LogP contribution in [0.1, 0.15) is 41.5 Å². The fourth-order valence-corrected chi connectivity index (χ4v) is 1.20. The lowest BCUT2D eigenvalue weighted by Crippen LogP contribution is -2.35. The molecular formula is C14H30N6O2. The Morgan fingerprint density at radius 3 is 2.00 bits per heavy atom. The SMILES string of the molecule is C/C=C\C.CC(O)CN1N=NC(C)C1C.CC(O)CN=[N+]=[N-]. The lowest BCUT2D eigenvalue weighted by Gasteiger charge is -2.21. The third-order valence-corrected chi connectivity index (χ3v) is 2.71. The van der Waals surface area contributed by atoms with Crippen LogP contribution in [0.4, 0.5) is 0 Å². The smallest absolute Gasteiger partial charge is 0.0918 e. The summed E-state index contributed by atoms with van der Waals surface area (Å²) in [6.45, 7) is 12.1. The van der Waals surface area contributed by atoms with Crippen LogP contribution >= 0.6 is 0 Å². The molecule has 0 radical (unpaired) electrons. The van der Waals surface area contributed by atoms with E-state index >= 15 is 0 Å². The van der Waals surface area contributed by atoms with Crippen LogP contribution in [0, 0.1) is 0 Å². The van der Waals surface area contributed by atoms with E-state index in [1.807, 2.05) is 37.9 Å². The molecule has 1 aliphatic rings. The summed E-state index contributed by atoms with van der Waals surface area (Å²) in [6, 6.07) is 0.582. The maximum atomic E-state index is 9.07. The third kappa shape index (κ3) is 13.4. The monoisotopic (exact) mass is 314 g/mol. The first kappa shape index (κ1) is 22.6. The Kier molecular flexibility index (Phi) is 14.7. The van der Waals surface area contributed by atoms with Gasteiger partial charge in [-0.2, -0.15) is 5.11 Å². The second kappa shape index (κ2) is 14.3. The molecule has 4 atom stereocenters. The molecule has 0 spiro atoms. The lowest BCUT2D eigenvalue weighted by atomic mass is 10.2. The van der Waals surface area contributed by atoms with Crippen LogP contribution in [-0.4, -0.2) is 52.6 Å². The van der Waals surface area contributed by atoms with Gasteiger partial charge in [-0.1, -0.05) is 22.5 Å². The average molecular weight is 314 g/mol. The summed E-state index contributed by atoms with van der Waals surface area (Å²) >= 11 is 0. The van der Waals surface area contributed by atoms with E-state index in [1.54, 1.807) is 13.8 Å². The molecule has 0 bridgehead atoms. The summed E-state index contributed by atoms with van der Waals surface area (Å²) < 4.78 is 0. The third-order valence-electron chi connectivity index (χ3n) is 2.71. The summed E-state index contributed by atoms with van der Waals surface area (Å²) in [5.41, 5.74) is 7.66. The van der Waals surface area contributed by atoms with E-state index in [2.05, 4.69) is 27.3 Å². The van der Waals surface area contributed by atoms with Gasteiger partial charge in [-0.25, -0.2) is 0 Å². The van der Waals surface area contributed by atoms with Crippen LogP contribution in [-0.2, 0) is 0 Å². The molecule has 0 amide bonds. The molecule has 128 valence electrons. The van der Waals surface area contributed by atoms with Gasteiger partial charge >= 0.3 is 0 Å². The Labute approximate surface area is 133 Å². The van der Waals surface area contributed by atoms with Gasteiger partial charge in [-0.15, -0.1) is 0 Å². The van der Waals surface area contributed by atoms with Crippen LogP contribution in [0.15, 0.2) is 27.6 Å². The van der Waals surface area contributed by atoms with Crippen molar-refractivity contribution in [3.8, 4) is 0 Å². The summed E-state index contributed by atoms with van der Waals surface area (Å²) in [5.74, 6) is 0. The lowest BCUT2D eigenvalue weighted by molar-refractivity contribution is 0.113. The summed E-state index contributed by atoms with van der Waals surface area (Å²) in [4.78, 5) is 2.44. The molecule has 0 fully saturated rings. The number of aliphatic hydroxyl groups is 2. The Hall–Kier alpha value is -1.63. The molecule has 1 rings (SSSR count). The van der Waals surface area contributed by atoms with E-state index in [0.717, 1.165) is 0 Å². The first-order chi connectivity index (χ1) is 10.3. The standard InChI is InChI=1S/C7H15N3O.C4H8.C3H7N3O/c1-5(11)4-10-7(3)6(2)8-9-10;1-3-4-2;1-3(7)2-5-6-4/h5-7,11H,4H2,1-3H3;3-4H,1-2H3;3,7H,2H2,1H3/b;4-3-;. The molecule has 1 heterocycles. The minimum atomic E-state index is -0.518. The van der Waals surface area contributed by atoms with Crippen molar-refractivity contribution >= 4 is 0 Å². The Morgan fingerprint density at radius 2 is 1.77 bits per heavy atom. The predicted octanol–water partition coefficient (Wildman–Crippen LogP) is 3.09. The van der Waals surface area contributed by atoms with Gasteiger partial charge in [0, 0.05) is 4.91 Å². The molecule has 2 N–H and O–H groups in total. The van der Waals surface area contributed by atoms with Gasteiger partial charge in [-0.05, 0) is 47.1 Å². The zero-order chi connectivity index (χ0) is 17.5. The van der Waals surface area contributed by atoms with Gasteiger partial charge in [0.2, 0.25) is 0 Å². The number of aliphatic hydroxyl groups excluding tert-OH is 2. The fourth-order valence-electron chi connectivity index (χ4n) is 1.20. The van der Waals surface area contributed by atoms with Gasteiger partial charge in [-0.3, -0.25) is 5.01 Å². The van der Waals surface area contributed by atoms with Crippen molar-refractivity contribution in [3.05, 3.63) is 22.6 Å². The predicted molar refractivity (Wildman–Crippen MR) is 88.3 cm³/mol. The fraction of sp³-hybridized carbons (Fsp3) is 0.857. The Balaban J connectivity index is 0. The molecule has 0 aliphatic carbocycles. The molecule has 0 saturated carbocycles. The van der Waals surface area contributed by atoms with Gasteiger partial charge < -0.3 is 10.2 Å². The number of azide groups is 1. The van der Waals surface area contributed by atoms with Gasteiger partial charge in [0.05, 0.1) is 37.4 Å². The summed E-state index contributed by atoms with van der Waals surface area (Å²) in [7, 11) is 0. The van der Waals surface area contributed by atoms with Crippen LogP contribution in [0.5, 0.6) is 0 Å². The molecule has 1 aliphatic heterocycles. The zero-order valence-electron chi connectivity index (χ0n) is 14.5. The van der Waals surface area contributed by atoms with E-state index in [-0.39, 0.29) is 18.7 Å². The Bertz CT molecular complexity index is 360. The molecule has 0 aromatic heterocycles. The van der Waals surface area contributed by atoms with Gasteiger partial charge in [0.15, 0.2) is 0 Å². The van der Waals surface area contributed by atoms with E-state index in [0.29, 0.717) is 12.6 Å². The van der Waals surface area contributed by atoms with E-state index in [4.69, 9.17) is 15.7 Å². The highest BCUT2D eigenvalue weighted by molar-refractivity contribution is 4.79. The number of β-amino-alcohol motifs (C(OH)–C–C–N with tert-alkyl or cyclic N) is 1. The van der Waals surface area contributed by atoms with Crippen molar-refractivity contribution in [1.29, 1.82) is 0 Å². The minimum absolute atomic E-state index is 0.163. The van der Waals surface area contributed by atoms with Gasteiger partial charge in [0.25, 0.3) is 0 Å². The second-order valence-corrected chi connectivity index (χ2v) is 5.09. The molecule has 8 nitrogen and oxygen atoms in total. The highest BCUT2D eigenvalue weighted by Crippen LogP contribution is 2.16. The second-order valence-electron chi connectivity index (χ2n) is 5.09. The van der Waals surface area contributed by atoms with Crippen molar-refractivity contribution in [1.82, 2.24) is 5.01 Å². The van der Waals surface area contributed by atoms with Crippen LogP contribution < -0.4 is 0 Å².